The second kappa shape index (κ2) is 4.95. The maximum absolute atomic E-state index is 11.9. The number of halogens is 3. The highest BCUT2D eigenvalue weighted by molar-refractivity contribution is 6.58. The smallest absolute Gasteiger partial charge is 0.457 e. The van der Waals surface area contributed by atoms with Gasteiger partial charge >= 0.3 is 15.0 Å². The van der Waals surface area contributed by atoms with E-state index in [9.17, 15) is 27.2 Å². The van der Waals surface area contributed by atoms with Crippen LogP contribution >= 0.6 is 0 Å². The number of carbonyl (C=O) groups excluding carboxylic acids is 1. The Kier molecular flexibility index (Phi) is 3.83. The van der Waals surface area contributed by atoms with Crippen LogP contribution in [0.25, 0.3) is 0 Å². The van der Waals surface area contributed by atoms with Crippen molar-refractivity contribution in [3.05, 3.63) is 39.9 Å². The molecule has 0 saturated heterocycles. The molecule has 0 heterocycles. The molecule has 0 atom stereocenters. The summed E-state index contributed by atoms with van der Waals surface area (Å²) >= 11 is 0. The van der Waals surface area contributed by atoms with E-state index in [0.29, 0.717) is 0 Å². The van der Waals surface area contributed by atoms with E-state index >= 15 is 0 Å². The van der Waals surface area contributed by atoms with Crippen molar-refractivity contribution in [1.29, 1.82) is 0 Å². The summed E-state index contributed by atoms with van der Waals surface area (Å²) in [6.07, 6.45) is -1.55. The highest BCUT2D eigenvalue weighted by Gasteiger charge is 2.39. The zero-order valence-corrected chi connectivity index (χ0v) is 9.23. The number of non-ortho nitro benzene ring substituents is 1. The number of esters is 1. The van der Waals surface area contributed by atoms with Crippen LogP contribution in [0.2, 0.25) is 0 Å². The lowest BCUT2D eigenvalue weighted by Gasteiger charge is -2.04. The molecular weight excluding hydrogens is 259 g/mol. The Morgan fingerprint density at radius 3 is 2.24 bits per heavy atom. The summed E-state index contributed by atoms with van der Waals surface area (Å²) in [7, 11) is -5.93. The molecule has 0 aromatic heterocycles. The molecule has 0 aliphatic carbocycles. The van der Waals surface area contributed by atoms with E-state index in [2.05, 4.69) is 4.74 Å². The molecule has 0 amide bonds. The number of nitro benzene ring substituents is 1. The van der Waals surface area contributed by atoms with Gasteiger partial charge in [-0.3, -0.25) is 10.1 Å². The Bertz CT molecular complexity index is 431. The van der Waals surface area contributed by atoms with Crippen LogP contribution in [0, 0.1) is 10.1 Å². The SMILES string of the molecule is O=C(OC[Si](F)(F)F)c1ccc([N+](=O)[O-])cc1. The summed E-state index contributed by atoms with van der Waals surface area (Å²) in [5, 5.41) is 10.3. The fourth-order valence-electron chi connectivity index (χ4n) is 0.950. The van der Waals surface area contributed by atoms with Gasteiger partial charge in [0, 0.05) is 12.1 Å². The number of hydrogen-bond donors (Lipinski definition) is 0. The summed E-state index contributed by atoms with van der Waals surface area (Å²) < 4.78 is 39.6. The monoisotopic (exact) mass is 265 g/mol. The summed E-state index contributed by atoms with van der Waals surface area (Å²) in [6, 6.07) is 4.11. The standard InChI is InChI=1S/C8H6F3NO4Si/c9-17(10,11)5-16-8(13)6-1-3-7(4-2-6)12(14)15/h1-4H,5H2. The van der Waals surface area contributed by atoms with Gasteiger partial charge in [0.25, 0.3) is 5.69 Å². The fourth-order valence-corrected chi connectivity index (χ4v) is 1.24. The highest BCUT2D eigenvalue weighted by Crippen LogP contribution is 2.14. The second-order valence-corrected chi connectivity index (χ2v) is 4.51. The molecule has 0 unspecified atom stereocenters. The van der Waals surface area contributed by atoms with E-state index in [4.69, 9.17) is 0 Å². The van der Waals surface area contributed by atoms with Crippen LogP contribution < -0.4 is 0 Å². The third kappa shape index (κ3) is 4.22. The van der Waals surface area contributed by atoms with Crippen LogP contribution in [-0.4, -0.2) is 26.2 Å². The molecule has 0 aliphatic rings. The minimum atomic E-state index is -5.93. The topological polar surface area (TPSA) is 69.4 Å². The van der Waals surface area contributed by atoms with E-state index in [1.54, 1.807) is 0 Å². The van der Waals surface area contributed by atoms with Crippen molar-refractivity contribution in [2.75, 3.05) is 6.23 Å². The van der Waals surface area contributed by atoms with Gasteiger partial charge in [-0.25, -0.2) is 17.1 Å². The van der Waals surface area contributed by atoms with Crippen molar-refractivity contribution in [2.24, 2.45) is 0 Å². The van der Waals surface area contributed by atoms with Gasteiger partial charge in [-0.1, -0.05) is 0 Å². The van der Waals surface area contributed by atoms with Gasteiger partial charge in [-0.05, 0) is 12.1 Å². The number of rotatable bonds is 4. The van der Waals surface area contributed by atoms with Crippen LogP contribution in [0.4, 0.5) is 18.0 Å². The number of hydrogen-bond acceptors (Lipinski definition) is 4. The lowest BCUT2D eigenvalue weighted by Crippen LogP contribution is -2.26. The molecule has 1 aromatic carbocycles. The van der Waals surface area contributed by atoms with Crippen molar-refractivity contribution < 1.29 is 26.8 Å². The van der Waals surface area contributed by atoms with Gasteiger partial charge in [0.1, 0.15) is 0 Å². The van der Waals surface area contributed by atoms with Gasteiger partial charge in [0.05, 0.1) is 10.5 Å². The third-order valence-corrected chi connectivity index (χ3v) is 2.15. The Morgan fingerprint density at radius 2 is 1.82 bits per heavy atom. The summed E-state index contributed by atoms with van der Waals surface area (Å²) in [4.78, 5) is 20.7. The van der Waals surface area contributed by atoms with Gasteiger partial charge < -0.3 is 4.74 Å². The molecule has 92 valence electrons. The lowest BCUT2D eigenvalue weighted by molar-refractivity contribution is -0.384. The number of nitro groups is 1. The summed E-state index contributed by atoms with van der Waals surface area (Å²) in [6.45, 7) is 0. The fraction of sp³-hybridized carbons (Fsp3) is 0.125. The first-order valence-electron chi connectivity index (χ1n) is 4.28. The first-order valence-corrected chi connectivity index (χ1v) is 6.12. The molecule has 0 bridgehead atoms. The predicted molar refractivity (Wildman–Crippen MR) is 52.5 cm³/mol. The second-order valence-electron chi connectivity index (χ2n) is 3.00. The minimum Gasteiger partial charge on any atom is -0.457 e. The average molecular weight is 265 g/mol. The van der Waals surface area contributed by atoms with E-state index < -0.39 is 26.2 Å². The molecule has 9 heteroatoms. The Hall–Kier alpha value is -1.90. The molecule has 0 fully saturated rings. The molecule has 0 N–H and O–H groups in total. The van der Waals surface area contributed by atoms with Crippen LogP contribution in [0.3, 0.4) is 0 Å². The van der Waals surface area contributed by atoms with Gasteiger partial charge in [-0.15, -0.1) is 0 Å². The first-order chi connectivity index (χ1) is 7.79. The molecule has 0 saturated carbocycles. The molecule has 0 aliphatic heterocycles. The van der Waals surface area contributed by atoms with Crippen LogP contribution in [0.5, 0.6) is 0 Å². The number of nitrogens with zero attached hydrogens (tertiary/aromatic N) is 1. The van der Waals surface area contributed by atoms with Crippen LogP contribution in [-0.2, 0) is 4.74 Å². The quantitative estimate of drug-likeness (QED) is 0.275. The van der Waals surface area contributed by atoms with E-state index in [0.717, 1.165) is 24.3 Å². The maximum Gasteiger partial charge on any atom is 0.656 e. The van der Waals surface area contributed by atoms with Crippen molar-refractivity contribution in [1.82, 2.24) is 0 Å². The highest BCUT2D eigenvalue weighted by atomic mass is 28.5. The molecule has 1 aromatic rings. The maximum atomic E-state index is 11.9. The average Bonchev–Trinajstić information content (AvgIpc) is 2.25. The summed E-state index contributed by atoms with van der Waals surface area (Å²) in [5.74, 6) is -1.15. The molecule has 0 spiro atoms. The number of ether oxygens (including phenoxy) is 1. The van der Waals surface area contributed by atoms with Gasteiger partial charge in [-0.2, -0.15) is 0 Å². The molecule has 5 nitrogen and oxygen atoms in total. The Morgan fingerprint density at radius 1 is 1.29 bits per heavy atom. The van der Waals surface area contributed by atoms with Crippen LogP contribution in [0.15, 0.2) is 24.3 Å². The Balaban J connectivity index is 2.67. The Labute approximate surface area is 94.5 Å². The summed E-state index contributed by atoms with van der Waals surface area (Å²) in [5.41, 5.74) is -0.416. The van der Waals surface area contributed by atoms with Crippen molar-refractivity contribution >= 4 is 20.7 Å². The van der Waals surface area contributed by atoms with E-state index in [1.165, 1.54) is 0 Å². The van der Waals surface area contributed by atoms with Crippen molar-refractivity contribution in [3.8, 4) is 0 Å². The predicted octanol–water partition coefficient (Wildman–Crippen LogP) is 2.14. The van der Waals surface area contributed by atoms with E-state index in [1.807, 2.05) is 0 Å². The zero-order chi connectivity index (χ0) is 13.1. The first kappa shape index (κ1) is 13.2. The van der Waals surface area contributed by atoms with Crippen LogP contribution in [0.1, 0.15) is 10.4 Å². The molecule has 17 heavy (non-hydrogen) atoms. The van der Waals surface area contributed by atoms with Crippen molar-refractivity contribution in [3.63, 3.8) is 0 Å². The molecule has 1 rings (SSSR count). The van der Waals surface area contributed by atoms with Gasteiger partial charge in [0.2, 0.25) is 0 Å². The van der Waals surface area contributed by atoms with E-state index in [-0.39, 0.29) is 11.3 Å². The minimum absolute atomic E-state index is 0.158. The molecule has 0 radical (unpaired) electrons. The number of carbonyl (C=O) groups is 1. The number of benzene rings is 1. The largest absolute Gasteiger partial charge is 0.656 e. The molecular formula is C8H6F3NO4Si. The van der Waals surface area contributed by atoms with Gasteiger partial charge in [0.15, 0.2) is 6.23 Å². The lowest BCUT2D eigenvalue weighted by atomic mass is 10.2. The van der Waals surface area contributed by atoms with Crippen molar-refractivity contribution in [2.45, 2.75) is 0 Å². The normalized spacial score (nSPS) is 11.0. The zero-order valence-electron chi connectivity index (χ0n) is 8.23. The third-order valence-electron chi connectivity index (χ3n) is 1.68.